The Labute approximate surface area is 150 Å². The molecule has 0 spiro atoms. The lowest BCUT2D eigenvalue weighted by Crippen LogP contribution is -2.26. The van der Waals surface area contributed by atoms with Crippen LogP contribution in [0.5, 0.6) is 11.5 Å². The first-order valence-electron chi connectivity index (χ1n) is 8.43. The molecule has 0 bridgehead atoms. The minimum absolute atomic E-state index is 0.159. The van der Waals surface area contributed by atoms with Crippen molar-refractivity contribution in [2.75, 3.05) is 27.6 Å². The third kappa shape index (κ3) is 9.45. The minimum atomic E-state index is -0.593. The highest BCUT2D eigenvalue weighted by Gasteiger charge is 2.16. The van der Waals surface area contributed by atoms with E-state index in [1.165, 1.54) is 0 Å². The summed E-state index contributed by atoms with van der Waals surface area (Å²) in [5.74, 6) is 1.48. The van der Waals surface area contributed by atoms with Crippen LogP contribution in [-0.2, 0) is 9.47 Å². The second-order valence-corrected chi connectivity index (χ2v) is 5.83. The van der Waals surface area contributed by atoms with Crippen LogP contribution in [0.25, 0.3) is 0 Å². The summed E-state index contributed by atoms with van der Waals surface area (Å²) in [4.78, 5) is 0. The van der Waals surface area contributed by atoms with Crippen molar-refractivity contribution in [1.82, 2.24) is 0 Å². The molecule has 0 saturated carbocycles. The van der Waals surface area contributed by atoms with Crippen LogP contribution in [0.2, 0.25) is 0 Å². The molecule has 0 aromatic heterocycles. The molecule has 1 rings (SSSR count). The summed E-state index contributed by atoms with van der Waals surface area (Å²) in [5, 5.41) is 19.7. The summed E-state index contributed by atoms with van der Waals surface area (Å²) in [6, 6.07) is 7.30. The summed E-state index contributed by atoms with van der Waals surface area (Å²) in [6.07, 6.45) is 2.17. The zero-order chi connectivity index (χ0) is 18.5. The molecule has 0 aliphatic carbocycles. The van der Waals surface area contributed by atoms with Crippen molar-refractivity contribution in [2.45, 2.75) is 44.0 Å². The van der Waals surface area contributed by atoms with E-state index in [0.717, 1.165) is 5.75 Å². The van der Waals surface area contributed by atoms with Gasteiger partial charge in [0.2, 0.25) is 0 Å². The van der Waals surface area contributed by atoms with Crippen LogP contribution < -0.4 is 9.47 Å². The van der Waals surface area contributed by atoms with Gasteiger partial charge in [0.1, 0.15) is 24.9 Å². The second-order valence-electron chi connectivity index (χ2n) is 5.83. The molecule has 0 amide bonds. The molecule has 142 valence electrons. The summed E-state index contributed by atoms with van der Waals surface area (Å²) in [5.41, 5.74) is 0. The molecule has 6 heteroatoms. The third-order valence-electron chi connectivity index (χ3n) is 3.72. The lowest BCUT2D eigenvalue weighted by molar-refractivity contribution is -0.0895. The van der Waals surface area contributed by atoms with Crippen LogP contribution in [0.4, 0.5) is 0 Å². The summed E-state index contributed by atoms with van der Waals surface area (Å²) < 4.78 is 21.4. The van der Waals surface area contributed by atoms with Crippen molar-refractivity contribution < 1.29 is 29.2 Å². The highest BCUT2D eigenvalue weighted by molar-refractivity contribution is 5.31. The molecule has 25 heavy (non-hydrogen) atoms. The highest BCUT2D eigenvalue weighted by atomic mass is 16.7. The van der Waals surface area contributed by atoms with E-state index in [9.17, 15) is 10.2 Å². The predicted molar refractivity (Wildman–Crippen MR) is 95.9 cm³/mol. The fourth-order valence-corrected chi connectivity index (χ4v) is 2.34. The Morgan fingerprint density at radius 3 is 2.32 bits per heavy atom. The van der Waals surface area contributed by atoms with Gasteiger partial charge in [-0.1, -0.05) is 6.08 Å². The number of rotatable bonds is 14. The first-order valence-corrected chi connectivity index (χ1v) is 8.43. The van der Waals surface area contributed by atoms with Gasteiger partial charge in [0, 0.05) is 7.11 Å². The fraction of sp³-hybridized carbons (Fsp3) is 0.579. The van der Waals surface area contributed by atoms with E-state index in [-0.39, 0.29) is 12.9 Å². The van der Waals surface area contributed by atoms with E-state index in [2.05, 4.69) is 6.58 Å². The van der Waals surface area contributed by atoms with E-state index >= 15 is 0 Å². The van der Waals surface area contributed by atoms with Gasteiger partial charge in [-0.25, -0.2) is 0 Å². The summed E-state index contributed by atoms with van der Waals surface area (Å²) >= 11 is 0. The van der Waals surface area contributed by atoms with Gasteiger partial charge in [-0.3, -0.25) is 0 Å². The van der Waals surface area contributed by atoms with Gasteiger partial charge < -0.3 is 29.2 Å². The Morgan fingerprint density at radius 2 is 1.72 bits per heavy atom. The molecule has 2 N–H and O–H groups in total. The molecule has 0 saturated heterocycles. The molecule has 1 aromatic rings. The Kier molecular flexibility index (Phi) is 10.9. The Morgan fingerprint density at radius 1 is 1.04 bits per heavy atom. The smallest absolute Gasteiger partial charge is 0.146 e. The van der Waals surface area contributed by atoms with E-state index in [1.807, 2.05) is 24.3 Å². The highest BCUT2D eigenvalue weighted by Crippen LogP contribution is 2.18. The molecule has 0 aliphatic heterocycles. The number of ether oxygens (including phenoxy) is 4. The maximum Gasteiger partial charge on any atom is 0.146 e. The average molecular weight is 354 g/mol. The molecule has 1 aromatic carbocycles. The van der Waals surface area contributed by atoms with E-state index < -0.39 is 12.2 Å². The number of benzene rings is 1. The largest absolute Gasteiger partial charge is 0.497 e. The zero-order valence-electron chi connectivity index (χ0n) is 15.1. The maximum atomic E-state index is 10.0. The molecule has 0 unspecified atom stereocenters. The Balaban J connectivity index is 2.42. The molecular weight excluding hydrogens is 324 g/mol. The summed E-state index contributed by atoms with van der Waals surface area (Å²) in [7, 11) is 3.17. The van der Waals surface area contributed by atoms with E-state index in [1.54, 1.807) is 20.3 Å². The van der Waals surface area contributed by atoms with Crippen LogP contribution in [0.3, 0.4) is 0 Å². The van der Waals surface area contributed by atoms with Gasteiger partial charge in [-0.2, -0.15) is 0 Å². The Bertz CT molecular complexity index is 461. The van der Waals surface area contributed by atoms with E-state index in [0.29, 0.717) is 38.0 Å². The van der Waals surface area contributed by atoms with Crippen molar-refractivity contribution in [2.24, 2.45) is 0 Å². The zero-order valence-corrected chi connectivity index (χ0v) is 15.1. The lowest BCUT2D eigenvalue weighted by Gasteiger charge is -2.20. The first-order chi connectivity index (χ1) is 12.1. The number of aliphatic hydroxyl groups is 2. The predicted octanol–water partition coefficient (Wildman–Crippen LogP) is 2.53. The fourth-order valence-electron chi connectivity index (χ4n) is 2.34. The van der Waals surface area contributed by atoms with E-state index in [4.69, 9.17) is 18.9 Å². The SMILES string of the molecule is C=CC[C@H](O)C[C@H](O)CC[C@H](COc1ccc(OC)cc1)OCOC. The van der Waals surface area contributed by atoms with Crippen molar-refractivity contribution in [3.8, 4) is 11.5 Å². The topological polar surface area (TPSA) is 77.4 Å². The molecule has 6 nitrogen and oxygen atoms in total. The number of hydrogen-bond acceptors (Lipinski definition) is 6. The van der Waals surface area contributed by atoms with Gasteiger partial charge in [0.15, 0.2) is 0 Å². The van der Waals surface area contributed by atoms with Crippen LogP contribution in [0, 0.1) is 0 Å². The Hall–Kier alpha value is -1.60. The molecule has 0 heterocycles. The number of methoxy groups -OCH3 is 2. The van der Waals surface area contributed by atoms with Crippen molar-refractivity contribution >= 4 is 0 Å². The third-order valence-corrected chi connectivity index (χ3v) is 3.72. The monoisotopic (exact) mass is 354 g/mol. The van der Waals surface area contributed by atoms with Crippen molar-refractivity contribution in [3.63, 3.8) is 0 Å². The summed E-state index contributed by atoms with van der Waals surface area (Å²) in [6.45, 7) is 4.08. The van der Waals surface area contributed by atoms with Crippen molar-refractivity contribution in [3.05, 3.63) is 36.9 Å². The van der Waals surface area contributed by atoms with Crippen LogP contribution in [0.1, 0.15) is 25.7 Å². The number of hydrogen-bond donors (Lipinski definition) is 2. The molecule has 3 atom stereocenters. The molecule has 0 aliphatic rings. The number of aliphatic hydroxyl groups excluding tert-OH is 2. The maximum absolute atomic E-state index is 10.0. The van der Waals surface area contributed by atoms with Crippen LogP contribution in [0.15, 0.2) is 36.9 Å². The van der Waals surface area contributed by atoms with Gasteiger partial charge in [-0.05, 0) is 49.9 Å². The minimum Gasteiger partial charge on any atom is -0.497 e. The van der Waals surface area contributed by atoms with Crippen molar-refractivity contribution in [1.29, 1.82) is 0 Å². The van der Waals surface area contributed by atoms with Gasteiger partial charge in [0.25, 0.3) is 0 Å². The normalized spacial score (nSPS) is 14.6. The second kappa shape index (κ2) is 12.7. The molecule has 0 fully saturated rings. The quantitative estimate of drug-likeness (QED) is 0.395. The van der Waals surface area contributed by atoms with Crippen LogP contribution >= 0.6 is 0 Å². The van der Waals surface area contributed by atoms with Crippen LogP contribution in [-0.4, -0.2) is 56.1 Å². The standard InChI is InChI=1S/C19H30O6/c1-4-5-15(20)12-16(21)6-7-19(25-14-22-2)13-24-18-10-8-17(23-3)9-11-18/h4,8-11,15-16,19-21H,1,5-7,12-14H2,2-3H3/t15-,16+,19+/m0/s1. The van der Waals surface area contributed by atoms with Gasteiger partial charge in [0.05, 0.1) is 25.4 Å². The lowest BCUT2D eigenvalue weighted by atomic mass is 10.0. The molecular formula is C19H30O6. The van der Waals surface area contributed by atoms with Gasteiger partial charge in [-0.15, -0.1) is 6.58 Å². The first kappa shape index (κ1) is 21.4. The molecule has 0 radical (unpaired) electrons. The van der Waals surface area contributed by atoms with Gasteiger partial charge >= 0.3 is 0 Å². The average Bonchev–Trinajstić information content (AvgIpc) is 2.61.